The minimum atomic E-state index is -0.877. The van der Waals surface area contributed by atoms with Crippen molar-refractivity contribution < 1.29 is 24.2 Å². The van der Waals surface area contributed by atoms with E-state index in [1.54, 1.807) is 12.4 Å². The lowest BCUT2D eigenvalue weighted by atomic mass is 9.83. The van der Waals surface area contributed by atoms with Gasteiger partial charge in [-0.2, -0.15) is 0 Å². The normalized spacial score (nSPS) is 21.3. The summed E-state index contributed by atoms with van der Waals surface area (Å²) in [6.07, 6.45) is 7.31. The van der Waals surface area contributed by atoms with Gasteiger partial charge in [0.2, 0.25) is 12.7 Å². The van der Waals surface area contributed by atoms with Crippen molar-refractivity contribution in [1.29, 1.82) is 0 Å². The predicted molar refractivity (Wildman–Crippen MR) is 131 cm³/mol. The van der Waals surface area contributed by atoms with Crippen molar-refractivity contribution in [2.24, 2.45) is 5.92 Å². The van der Waals surface area contributed by atoms with Crippen molar-refractivity contribution in [1.82, 2.24) is 14.8 Å². The number of aromatic nitrogens is 1. The third kappa shape index (κ3) is 5.59. The molecule has 35 heavy (non-hydrogen) atoms. The first-order chi connectivity index (χ1) is 17.0. The van der Waals surface area contributed by atoms with Crippen LogP contribution >= 0.6 is 0 Å². The summed E-state index contributed by atoms with van der Waals surface area (Å²) in [4.78, 5) is 34.2. The molecule has 188 valence electrons. The molecule has 4 rings (SSSR count). The van der Waals surface area contributed by atoms with E-state index in [1.807, 2.05) is 40.1 Å². The Kier molecular flexibility index (Phi) is 8.23. The van der Waals surface area contributed by atoms with Gasteiger partial charge < -0.3 is 19.5 Å². The van der Waals surface area contributed by atoms with Crippen LogP contribution in [0.2, 0.25) is 0 Å². The van der Waals surface area contributed by atoms with Crippen molar-refractivity contribution in [3.63, 3.8) is 0 Å². The van der Waals surface area contributed by atoms with Gasteiger partial charge in [-0.15, -0.1) is 0 Å². The van der Waals surface area contributed by atoms with E-state index in [-0.39, 0.29) is 25.2 Å². The molecule has 0 radical (unpaired) electrons. The lowest BCUT2D eigenvalue weighted by molar-refractivity contribution is -0.144. The number of nitrogens with zero attached hydrogens (tertiary/aromatic N) is 3. The molecule has 1 fully saturated rings. The Labute approximate surface area is 206 Å². The maximum absolute atomic E-state index is 13.4. The Hall–Kier alpha value is -3.13. The molecule has 3 atom stereocenters. The van der Waals surface area contributed by atoms with E-state index in [0.29, 0.717) is 18.0 Å². The molecule has 1 saturated heterocycles. The summed E-state index contributed by atoms with van der Waals surface area (Å²) in [6, 6.07) is 8.90. The third-order valence-electron chi connectivity index (χ3n) is 7.01. The average Bonchev–Trinajstić information content (AvgIpc) is 3.49. The van der Waals surface area contributed by atoms with E-state index < -0.39 is 17.9 Å². The molecular weight excluding hydrogens is 446 g/mol. The number of fused-ring (bicyclic) bond motifs is 1. The molecule has 8 heteroatoms. The van der Waals surface area contributed by atoms with E-state index in [0.717, 1.165) is 49.9 Å². The largest absolute Gasteiger partial charge is 0.481 e. The summed E-state index contributed by atoms with van der Waals surface area (Å²) in [7, 11) is 0. The topological polar surface area (TPSA) is 92.2 Å². The molecule has 0 aliphatic carbocycles. The molecule has 1 amide bonds. The fraction of sp³-hybridized carbons (Fsp3) is 0.519. The van der Waals surface area contributed by atoms with Crippen LogP contribution in [-0.2, 0) is 9.59 Å². The van der Waals surface area contributed by atoms with Gasteiger partial charge in [0.15, 0.2) is 11.5 Å². The highest BCUT2D eigenvalue weighted by Crippen LogP contribution is 2.47. The first-order valence-electron chi connectivity index (χ1n) is 12.6. The number of unbranched alkanes of at least 4 members (excludes halogenated alkanes) is 2. The number of amides is 1. The standard InChI is InChI=1S/C27H35N3O5/c1-3-5-13-29(14-6-4-2)24(31)17-30-16-21(20-7-8-22-23(15-20)35-18-34-22)25(27(32)33)26(30)19-9-11-28-12-10-19/h7-12,15,21,25-26H,3-6,13-14,16-18H2,1-2H3,(H,32,33)/t21-,25+,26-/m1/s1. The van der Waals surface area contributed by atoms with Gasteiger partial charge in [-0.3, -0.25) is 19.5 Å². The number of hydrogen-bond acceptors (Lipinski definition) is 6. The number of aliphatic carboxylic acids is 1. The van der Waals surface area contributed by atoms with Gasteiger partial charge in [-0.1, -0.05) is 32.8 Å². The summed E-state index contributed by atoms with van der Waals surface area (Å²) in [6.45, 7) is 6.52. The van der Waals surface area contributed by atoms with Gasteiger partial charge in [0.1, 0.15) is 0 Å². The number of pyridine rings is 1. The molecule has 1 N–H and O–H groups in total. The van der Waals surface area contributed by atoms with Crippen LogP contribution in [0.25, 0.3) is 0 Å². The highest BCUT2D eigenvalue weighted by atomic mass is 16.7. The number of likely N-dealkylation sites (tertiary alicyclic amines) is 1. The molecule has 2 aliphatic rings. The third-order valence-corrected chi connectivity index (χ3v) is 7.01. The molecule has 3 heterocycles. The van der Waals surface area contributed by atoms with Gasteiger partial charge in [0, 0.05) is 44.0 Å². The van der Waals surface area contributed by atoms with Crippen molar-refractivity contribution in [2.45, 2.75) is 51.5 Å². The first-order valence-corrected chi connectivity index (χ1v) is 12.6. The van der Waals surface area contributed by atoms with Crippen LogP contribution in [0.1, 0.15) is 62.6 Å². The number of carboxylic acid groups (broad SMARTS) is 1. The number of hydrogen-bond donors (Lipinski definition) is 1. The summed E-state index contributed by atoms with van der Waals surface area (Å²) in [5.41, 5.74) is 1.74. The molecule has 1 aromatic heterocycles. The number of ether oxygens (including phenoxy) is 2. The molecule has 0 bridgehead atoms. The van der Waals surface area contributed by atoms with Crippen LogP contribution in [0.3, 0.4) is 0 Å². The van der Waals surface area contributed by atoms with Gasteiger partial charge >= 0.3 is 5.97 Å². The van der Waals surface area contributed by atoms with Crippen molar-refractivity contribution in [2.75, 3.05) is 33.0 Å². The molecular formula is C27H35N3O5. The number of carbonyl (C=O) groups is 2. The zero-order chi connectivity index (χ0) is 24.8. The molecule has 0 unspecified atom stereocenters. The lowest BCUT2D eigenvalue weighted by Gasteiger charge is -2.30. The minimum Gasteiger partial charge on any atom is -0.481 e. The maximum Gasteiger partial charge on any atom is 0.309 e. The number of carbonyl (C=O) groups excluding carboxylic acids is 1. The van der Waals surface area contributed by atoms with Crippen LogP contribution in [-0.4, -0.2) is 64.7 Å². The highest BCUT2D eigenvalue weighted by molar-refractivity contribution is 5.79. The second kappa shape index (κ2) is 11.5. The number of carboxylic acids is 1. The second-order valence-corrected chi connectivity index (χ2v) is 9.33. The Morgan fingerprint density at radius 2 is 1.71 bits per heavy atom. The van der Waals surface area contributed by atoms with Gasteiger partial charge in [-0.25, -0.2) is 0 Å². The smallest absolute Gasteiger partial charge is 0.309 e. The second-order valence-electron chi connectivity index (χ2n) is 9.33. The Balaban J connectivity index is 1.65. The Morgan fingerprint density at radius 3 is 2.37 bits per heavy atom. The summed E-state index contributed by atoms with van der Waals surface area (Å²) >= 11 is 0. The molecule has 8 nitrogen and oxygen atoms in total. The van der Waals surface area contributed by atoms with Crippen LogP contribution < -0.4 is 9.47 Å². The van der Waals surface area contributed by atoms with Crippen molar-refractivity contribution >= 4 is 11.9 Å². The first kappa shape index (κ1) is 25.0. The SMILES string of the molecule is CCCCN(CCCC)C(=O)CN1C[C@H](c2ccc3c(c2)OCO3)[C@H](C(=O)O)[C@H]1c1ccncc1. The van der Waals surface area contributed by atoms with Crippen molar-refractivity contribution in [3.05, 3.63) is 53.9 Å². The van der Waals surface area contributed by atoms with Crippen molar-refractivity contribution in [3.8, 4) is 11.5 Å². The number of benzene rings is 1. The van der Waals surface area contributed by atoms with Crippen LogP contribution in [0.4, 0.5) is 0 Å². The molecule has 2 aromatic rings. The summed E-state index contributed by atoms with van der Waals surface area (Å²) in [5, 5.41) is 10.4. The van der Waals surface area contributed by atoms with E-state index in [2.05, 4.69) is 18.8 Å². The predicted octanol–water partition coefficient (Wildman–Crippen LogP) is 4.08. The van der Waals surface area contributed by atoms with Gasteiger partial charge in [-0.05, 0) is 48.2 Å². The Bertz CT molecular complexity index is 1010. The summed E-state index contributed by atoms with van der Waals surface area (Å²) in [5.74, 6) is -0.538. The van der Waals surface area contributed by atoms with Gasteiger partial charge in [0.05, 0.1) is 12.5 Å². The minimum absolute atomic E-state index is 0.0569. The lowest BCUT2D eigenvalue weighted by Crippen LogP contribution is -2.42. The molecule has 2 aliphatic heterocycles. The Morgan fingerprint density at radius 1 is 1.03 bits per heavy atom. The zero-order valence-corrected chi connectivity index (χ0v) is 20.6. The fourth-order valence-corrected chi connectivity index (χ4v) is 5.17. The van der Waals surface area contributed by atoms with Crippen LogP contribution in [0, 0.1) is 5.92 Å². The monoisotopic (exact) mass is 481 g/mol. The van der Waals surface area contributed by atoms with Crippen LogP contribution in [0.5, 0.6) is 11.5 Å². The molecule has 0 spiro atoms. The molecule has 1 aromatic carbocycles. The molecule has 0 saturated carbocycles. The van der Waals surface area contributed by atoms with E-state index in [4.69, 9.17) is 9.47 Å². The number of rotatable bonds is 11. The van der Waals surface area contributed by atoms with E-state index >= 15 is 0 Å². The summed E-state index contributed by atoms with van der Waals surface area (Å²) < 4.78 is 11.0. The van der Waals surface area contributed by atoms with E-state index in [1.165, 1.54) is 0 Å². The quantitative estimate of drug-likeness (QED) is 0.517. The maximum atomic E-state index is 13.4. The van der Waals surface area contributed by atoms with E-state index in [9.17, 15) is 14.7 Å². The average molecular weight is 482 g/mol. The highest BCUT2D eigenvalue weighted by Gasteiger charge is 2.48. The zero-order valence-electron chi connectivity index (χ0n) is 20.6. The van der Waals surface area contributed by atoms with Crippen LogP contribution in [0.15, 0.2) is 42.7 Å². The fourth-order valence-electron chi connectivity index (χ4n) is 5.17. The van der Waals surface area contributed by atoms with Gasteiger partial charge in [0.25, 0.3) is 0 Å².